The third kappa shape index (κ3) is 7.62. The molecular weight excluding hydrogens is 376 g/mol. The van der Waals surface area contributed by atoms with Crippen molar-refractivity contribution in [1.29, 1.82) is 0 Å². The third-order valence-corrected chi connectivity index (χ3v) is 4.21. The second-order valence-electron chi connectivity index (χ2n) is 7.93. The Balaban J connectivity index is 2.09. The normalized spacial score (nSPS) is 12.2. The van der Waals surface area contributed by atoms with E-state index in [4.69, 9.17) is 0 Å². The van der Waals surface area contributed by atoms with E-state index in [0.717, 1.165) is 22.6 Å². The average Bonchev–Trinajstić information content (AvgIpc) is 2.74. The second-order valence-corrected chi connectivity index (χ2v) is 7.93. The number of hydrogen-bond acceptors (Lipinski definition) is 4. The minimum Gasteiger partial charge on any atom is -0.262 e. The van der Waals surface area contributed by atoms with E-state index in [2.05, 4.69) is 48.7 Å². The summed E-state index contributed by atoms with van der Waals surface area (Å²) in [6, 6.07) is 19.2. The van der Waals surface area contributed by atoms with Gasteiger partial charge in [0.25, 0.3) is 0 Å². The Morgan fingerprint density at radius 3 is 1.30 bits per heavy atom. The highest BCUT2D eigenvalue weighted by molar-refractivity contribution is 6.35. The fourth-order valence-corrected chi connectivity index (χ4v) is 2.83. The van der Waals surface area contributed by atoms with Gasteiger partial charge in [-0.2, -0.15) is 10.2 Å². The highest BCUT2D eigenvalue weighted by Gasteiger charge is 2.15. The minimum atomic E-state index is -0.854. The van der Waals surface area contributed by atoms with Crippen LogP contribution in [-0.4, -0.2) is 23.2 Å². The van der Waals surface area contributed by atoms with Crippen molar-refractivity contribution in [3.8, 4) is 0 Å². The Morgan fingerprint density at radius 1 is 0.667 bits per heavy atom. The fourth-order valence-electron chi connectivity index (χ4n) is 2.83. The number of nitrogens with one attached hydrogen (secondary N) is 2. The van der Waals surface area contributed by atoms with Crippen LogP contribution >= 0.6 is 0 Å². The Labute approximate surface area is 178 Å². The molecule has 0 saturated carbocycles. The Kier molecular flexibility index (Phi) is 8.94. The summed E-state index contributed by atoms with van der Waals surface area (Å²) < 4.78 is 0. The van der Waals surface area contributed by atoms with Gasteiger partial charge in [0.2, 0.25) is 0 Å². The summed E-state index contributed by atoms with van der Waals surface area (Å²) in [5.74, 6) is -1.01. The number of nitrogens with zero attached hydrogens (tertiary/aromatic N) is 2. The summed E-state index contributed by atoms with van der Waals surface area (Å²) >= 11 is 0. The SMILES string of the molecule is CC(C)CC(=NNC(=O)C(=O)NN=C(CC(C)C)c1ccccc1)c1ccccc1. The zero-order valence-electron chi connectivity index (χ0n) is 18.1. The number of carbonyl (C=O) groups is 2. The molecule has 0 saturated heterocycles. The van der Waals surface area contributed by atoms with Crippen molar-refractivity contribution in [2.45, 2.75) is 40.5 Å². The summed E-state index contributed by atoms with van der Waals surface area (Å²) in [7, 11) is 0. The van der Waals surface area contributed by atoms with Crippen LogP contribution in [0.15, 0.2) is 70.9 Å². The van der Waals surface area contributed by atoms with Gasteiger partial charge in [-0.3, -0.25) is 9.59 Å². The van der Waals surface area contributed by atoms with Crippen molar-refractivity contribution < 1.29 is 9.59 Å². The summed E-state index contributed by atoms with van der Waals surface area (Å²) in [6.45, 7) is 8.28. The quantitative estimate of drug-likeness (QED) is 0.393. The van der Waals surface area contributed by atoms with Crippen LogP contribution in [0, 0.1) is 11.8 Å². The molecule has 0 aromatic heterocycles. The van der Waals surface area contributed by atoms with Gasteiger partial charge in [-0.15, -0.1) is 0 Å². The number of hydrazone groups is 2. The van der Waals surface area contributed by atoms with Crippen LogP contribution in [0.4, 0.5) is 0 Å². The molecule has 2 rings (SSSR count). The first kappa shape index (κ1) is 23.0. The molecule has 0 radical (unpaired) electrons. The first-order valence-electron chi connectivity index (χ1n) is 10.2. The van der Waals surface area contributed by atoms with Crippen LogP contribution in [0.5, 0.6) is 0 Å². The van der Waals surface area contributed by atoms with Gasteiger partial charge in [0, 0.05) is 0 Å². The molecule has 6 heteroatoms. The lowest BCUT2D eigenvalue weighted by Crippen LogP contribution is -2.36. The summed E-state index contributed by atoms with van der Waals surface area (Å²) in [4.78, 5) is 24.5. The van der Waals surface area contributed by atoms with Gasteiger partial charge < -0.3 is 0 Å². The van der Waals surface area contributed by atoms with Crippen LogP contribution in [0.2, 0.25) is 0 Å². The van der Waals surface area contributed by atoms with E-state index in [0.29, 0.717) is 24.7 Å². The Hall–Kier alpha value is -3.28. The lowest BCUT2D eigenvalue weighted by atomic mass is 10.0. The average molecular weight is 407 g/mol. The maximum Gasteiger partial charge on any atom is 0.331 e. The molecule has 6 nitrogen and oxygen atoms in total. The molecule has 0 spiro atoms. The van der Waals surface area contributed by atoms with Crippen molar-refractivity contribution in [1.82, 2.24) is 10.9 Å². The molecule has 0 aliphatic rings. The van der Waals surface area contributed by atoms with E-state index in [-0.39, 0.29) is 0 Å². The van der Waals surface area contributed by atoms with Crippen molar-refractivity contribution >= 4 is 23.2 Å². The van der Waals surface area contributed by atoms with Crippen molar-refractivity contribution in [2.24, 2.45) is 22.0 Å². The molecule has 0 atom stereocenters. The number of amides is 2. The van der Waals surface area contributed by atoms with E-state index in [1.54, 1.807) is 0 Å². The number of hydrogen-bond donors (Lipinski definition) is 2. The van der Waals surface area contributed by atoms with E-state index < -0.39 is 11.8 Å². The number of rotatable bonds is 8. The number of carbonyl (C=O) groups excluding carboxylic acids is 2. The standard InChI is InChI=1S/C24H30N4O2/c1-17(2)15-21(19-11-7-5-8-12-19)25-27-23(29)24(30)28-26-22(16-18(3)4)20-13-9-6-10-14-20/h5-14,17-18H,15-16H2,1-4H3,(H,27,29)(H,28,30). The van der Waals surface area contributed by atoms with E-state index in [1.165, 1.54) is 0 Å². The molecule has 0 aliphatic carbocycles. The third-order valence-electron chi connectivity index (χ3n) is 4.21. The molecule has 0 heterocycles. The van der Waals surface area contributed by atoms with Crippen molar-refractivity contribution in [3.05, 3.63) is 71.8 Å². The van der Waals surface area contributed by atoms with E-state index >= 15 is 0 Å². The summed E-state index contributed by atoms with van der Waals surface area (Å²) in [6.07, 6.45) is 1.35. The molecule has 2 amide bonds. The topological polar surface area (TPSA) is 82.9 Å². The first-order valence-corrected chi connectivity index (χ1v) is 10.2. The smallest absolute Gasteiger partial charge is 0.262 e. The van der Waals surface area contributed by atoms with E-state index in [9.17, 15) is 9.59 Å². The fraction of sp³-hybridized carbons (Fsp3) is 0.333. The Morgan fingerprint density at radius 2 is 1.00 bits per heavy atom. The zero-order chi connectivity index (χ0) is 21.9. The second kappa shape index (κ2) is 11.7. The van der Waals surface area contributed by atoms with Gasteiger partial charge in [0.15, 0.2) is 0 Å². The van der Waals surface area contributed by atoms with Gasteiger partial charge >= 0.3 is 11.8 Å². The molecule has 0 unspecified atom stereocenters. The van der Waals surface area contributed by atoms with Crippen molar-refractivity contribution in [3.63, 3.8) is 0 Å². The van der Waals surface area contributed by atoms with Crippen LogP contribution in [0.25, 0.3) is 0 Å². The summed E-state index contributed by atoms with van der Waals surface area (Å²) in [5.41, 5.74) is 7.98. The monoisotopic (exact) mass is 406 g/mol. The highest BCUT2D eigenvalue weighted by Crippen LogP contribution is 2.11. The van der Waals surface area contributed by atoms with Crippen molar-refractivity contribution in [2.75, 3.05) is 0 Å². The maximum absolute atomic E-state index is 12.2. The van der Waals surface area contributed by atoms with Gasteiger partial charge in [0.1, 0.15) is 0 Å². The zero-order valence-corrected chi connectivity index (χ0v) is 18.1. The van der Waals surface area contributed by atoms with Crippen LogP contribution in [0.3, 0.4) is 0 Å². The lowest BCUT2D eigenvalue weighted by molar-refractivity contribution is -0.139. The molecule has 0 bridgehead atoms. The molecule has 2 N–H and O–H groups in total. The first-order chi connectivity index (χ1) is 14.4. The molecule has 0 aliphatic heterocycles. The van der Waals surface area contributed by atoms with Gasteiger partial charge in [-0.25, -0.2) is 10.9 Å². The predicted octanol–water partition coefficient (Wildman–Crippen LogP) is 4.12. The largest absolute Gasteiger partial charge is 0.331 e. The molecule has 30 heavy (non-hydrogen) atoms. The van der Waals surface area contributed by atoms with Crippen LogP contribution in [-0.2, 0) is 9.59 Å². The van der Waals surface area contributed by atoms with Gasteiger partial charge in [-0.1, -0.05) is 88.4 Å². The summed E-state index contributed by atoms with van der Waals surface area (Å²) in [5, 5.41) is 8.39. The van der Waals surface area contributed by atoms with Crippen LogP contribution in [0.1, 0.15) is 51.7 Å². The van der Waals surface area contributed by atoms with E-state index in [1.807, 2.05) is 60.7 Å². The van der Waals surface area contributed by atoms with Gasteiger partial charge in [0.05, 0.1) is 11.4 Å². The van der Waals surface area contributed by atoms with Gasteiger partial charge in [-0.05, 0) is 35.8 Å². The molecule has 2 aromatic carbocycles. The molecule has 2 aromatic rings. The Bertz CT molecular complexity index is 812. The molecule has 0 fully saturated rings. The van der Waals surface area contributed by atoms with Crippen LogP contribution < -0.4 is 10.9 Å². The lowest BCUT2D eigenvalue weighted by Gasteiger charge is -2.11. The maximum atomic E-state index is 12.2. The predicted molar refractivity (Wildman–Crippen MR) is 121 cm³/mol. The molecular formula is C24H30N4O2. The minimum absolute atomic E-state index is 0.351. The highest BCUT2D eigenvalue weighted by atomic mass is 16.2. The number of benzene rings is 2. The molecule has 158 valence electrons.